The van der Waals surface area contributed by atoms with Crippen LogP contribution in [0.5, 0.6) is 0 Å². The van der Waals surface area contributed by atoms with Crippen molar-refractivity contribution in [3.63, 3.8) is 0 Å². The van der Waals surface area contributed by atoms with Crippen LogP contribution in [-0.4, -0.2) is 37.1 Å². The number of rotatable bonds is 5. The average molecular weight is 238 g/mol. The van der Waals surface area contributed by atoms with Gasteiger partial charge in [0.05, 0.1) is 0 Å². The third kappa shape index (κ3) is 4.59. The van der Waals surface area contributed by atoms with Crippen LogP contribution >= 0.6 is 0 Å². The van der Waals surface area contributed by atoms with Crippen molar-refractivity contribution >= 4 is 0 Å². The van der Waals surface area contributed by atoms with E-state index in [-0.39, 0.29) is 0 Å². The molecule has 0 aromatic carbocycles. The second kappa shape index (κ2) is 6.75. The number of hydrogen-bond acceptors (Lipinski definition) is 2. The Morgan fingerprint density at radius 2 is 1.76 bits per heavy atom. The van der Waals surface area contributed by atoms with Gasteiger partial charge in [-0.15, -0.1) is 0 Å². The van der Waals surface area contributed by atoms with E-state index in [1.54, 1.807) is 0 Å². The van der Waals surface area contributed by atoms with Crippen molar-refractivity contribution in [3.05, 3.63) is 0 Å². The van der Waals surface area contributed by atoms with Gasteiger partial charge in [0.25, 0.3) is 0 Å². The van der Waals surface area contributed by atoms with Crippen molar-refractivity contribution in [1.29, 1.82) is 0 Å². The maximum Gasteiger partial charge on any atom is 0.00219 e. The Bertz CT molecular complexity index is 209. The second-order valence-electron chi connectivity index (χ2n) is 6.48. The minimum absolute atomic E-state index is 0.639. The maximum atomic E-state index is 3.60. The van der Waals surface area contributed by atoms with Crippen LogP contribution in [0.2, 0.25) is 0 Å². The quantitative estimate of drug-likeness (QED) is 0.792. The van der Waals surface area contributed by atoms with Crippen molar-refractivity contribution in [2.45, 2.75) is 58.4 Å². The first-order valence-electron chi connectivity index (χ1n) is 7.70. The molecule has 1 aliphatic heterocycles. The zero-order valence-electron chi connectivity index (χ0n) is 11.8. The summed E-state index contributed by atoms with van der Waals surface area (Å²) < 4.78 is 0. The largest absolute Gasteiger partial charge is 0.314 e. The molecule has 1 unspecified atom stereocenters. The monoisotopic (exact) mass is 238 g/mol. The summed E-state index contributed by atoms with van der Waals surface area (Å²) in [5.74, 6) is 1.92. The molecule has 100 valence electrons. The summed E-state index contributed by atoms with van der Waals surface area (Å²) in [6.07, 6.45) is 8.79. The molecular weight excluding hydrogens is 208 g/mol. The highest BCUT2D eigenvalue weighted by atomic mass is 15.1. The maximum absolute atomic E-state index is 3.60. The number of nitrogens with zero attached hydrogens (tertiary/aromatic N) is 1. The van der Waals surface area contributed by atoms with Crippen LogP contribution in [0.3, 0.4) is 0 Å². The van der Waals surface area contributed by atoms with Crippen molar-refractivity contribution in [2.24, 2.45) is 11.8 Å². The Morgan fingerprint density at radius 1 is 1.06 bits per heavy atom. The van der Waals surface area contributed by atoms with Crippen molar-refractivity contribution in [1.82, 2.24) is 10.2 Å². The Kier molecular flexibility index (Phi) is 5.30. The fourth-order valence-corrected chi connectivity index (χ4v) is 3.44. The Labute approximate surface area is 107 Å². The number of nitrogens with one attached hydrogen (secondary N) is 1. The summed E-state index contributed by atoms with van der Waals surface area (Å²) in [5, 5.41) is 3.60. The summed E-state index contributed by atoms with van der Waals surface area (Å²) in [4.78, 5) is 2.74. The highest BCUT2D eigenvalue weighted by Crippen LogP contribution is 2.27. The van der Waals surface area contributed by atoms with Gasteiger partial charge in [0, 0.05) is 19.1 Å². The van der Waals surface area contributed by atoms with Crippen LogP contribution < -0.4 is 5.32 Å². The number of hydrogen-bond donors (Lipinski definition) is 1. The highest BCUT2D eigenvalue weighted by Gasteiger charge is 2.23. The van der Waals surface area contributed by atoms with Gasteiger partial charge in [-0.2, -0.15) is 0 Å². The summed E-state index contributed by atoms with van der Waals surface area (Å²) in [6, 6.07) is 0.639. The first kappa shape index (κ1) is 13.4. The predicted octanol–water partition coefficient (Wildman–Crippen LogP) is 2.89. The van der Waals surface area contributed by atoms with Gasteiger partial charge in [0.15, 0.2) is 0 Å². The molecule has 0 spiro atoms. The summed E-state index contributed by atoms with van der Waals surface area (Å²) in [5.41, 5.74) is 0. The lowest BCUT2D eigenvalue weighted by atomic mass is 9.96. The van der Waals surface area contributed by atoms with E-state index in [4.69, 9.17) is 0 Å². The Hall–Kier alpha value is -0.0800. The van der Waals surface area contributed by atoms with Crippen molar-refractivity contribution in [3.8, 4) is 0 Å². The van der Waals surface area contributed by atoms with E-state index >= 15 is 0 Å². The molecule has 1 saturated heterocycles. The minimum Gasteiger partial charge on any atom is -0.314 e. The van der Waals surface area contributed by atoms with Gasteiger partial charge in [-0.1, -0.05) is 26.7 Å². The molecule has 1 atom stereocenters. The zero-order valence-corrected chi connectivity index (χ0v) is 11.8. The molecule has 2 aliphatic rings. The molecule has 0 aromatic heterocycles. The average Bonchev–Trinajstić information content (AvgIpc) is 2.80. The van der Waals surface area contributed by atoms with E-state index in [9.17, 15) is 0 Å². The molecule has 0 amide bonds. The number of piperidine rings is 1. The first-order valence-corrected chi connectivity index (χ1v) is 7.70. The predicted molar refractivity (Wildman–Crippen MR) is 74.3 cm³/mol. The van der Waals surface area contributed by atoms with Crippen LogP contribution in [-0.2, 0) is 0 Å². The second-order valence-corrected chi connectivity index (χ2v) is 6.48. The van der Waals surface area contributed by atoms with Crippen LogP contribution in [0, 0.1) is 11.8 Å². The van der Waals surface area contributed by atoms with Crippen molar-refractivity contribution < 1.29 is 0 Å². The van der Waals surface area contributed by atoms with Crippen molar-refractivity contribution in [2.75, 3.05) is 26.2 Å². The molecule has 1 saturated carbocycles. The first-order chi connectivity index (χ1) is 8.24. The smallest absolute Gasteiger partial charge is 0.00219 e. The molecule has 0 aromatic rings. The lowest BCUT2D eigenvalue weighted by molar-refractivity contribution is 0.149. The van der Waals surface area contributed by atoms with Gasteiger partial charge < -0.3 is 10.2 Å². The van der Waals surface area contributed by atoms with Crippen LogP contribution in [0.4, 0.5) is 0 Å². The molecule has 1 heterocycles. The molecule has 2 nitrogen and oxygen atoms in total. The number of likely N-dealkylation sites (tertiary alicyclic amines) is 1. The fraction of sp³-hybridized carbons (Fsp3) is 1.00. The van der Waals surface area contributed by atoms with Gasteiger partial charge in [-0.05, 0) is 50.6 Å². The normalized spacial score (nSPS) is 28.1. The van der Waals surface area contributed by atoms with E-state index in [1.165, 1.54) is 64.7 Å². The highest BCUT2D eigenvalue weighted by molar-refractivity contribution is 4.78. The molecule has 2 heteroatoms. The third-order valence-corrected chi connectivity index (χ3v) is 4.41. The van der Waals surface area contributed by atoms with Crippen LogP contribution in [0.25, 0.3) is 0 Å². The van der Waals surface area contributed by atoms with E-state index in [2.05, 4.69) is 24.1 Å². The van der Waals surface area contributed by atoms with E-state index in [1.807, 2.05) is 0 Å². The minimum atomic E-state index is 0.639. The fourth-order valence-electron chi connectivity index (χ4n) is 3.44. The van der Waals surface area contributed by atoms with Gasteiger partial charge >= 0.3 is 0 Å². The van der Waals surface area contributed by atoms with Crippen LogP contribution in [0.1, 0.15) is 52.4 Å². The SMILES string of the molecule is CC(C)NCC1CCCN(CC2CCCC2)C1. The Morgan fingerprint density at radius 3 is 2.47 bits per heavy atom. The van der Waals surface area contributed by atoms with Gasteiger partial charge in [-0.25, -0.2) is 0 Å². The molecule has 0 bridgehead atoms. The third-order valence-electron chi connectivity index (χ3n) is 4.41. The van der Waals surface area contributed by atoms with E-state index < -0.39 is 0 Å². The van der Waals surface area contributed by atoms with Gasteiger partial charge in [0.1, 0.15) is 0 Å². The summed E-state index contributed by atoms with van der Waals surface area (Å²) in [7, 11) is 0. The van der Waals surface area contributed by atoms with Crippen LogP contribution in [0.15, 0.2) is 0 Å². The molecule has 1 aliphatic carbocycles. The molecule has 0 radical (unpaired) electrons. The topological polar surface area (TPSA) is 15.3 Å². The zero-order chi connectivity index (χ0) is 12.1. The summed E-state index contributed by atoms with van der Waals surface area (Å²) >= 11 is 0. The molecule has 2 fully saturated rings. The lowest BCUT2D eigenvalue weighted by Crippen LogP contribution is -2.42. The van der Waals surface area contributed by atoms with Gasteiger partial charge in [0.2, 0.25) is 0 Å². The summed E-state index contributed by atoms with van der Waals surface area (Å²) in [6.45, 7) is 9.81. The molecule has 17 heavy (non-hydrogen) atoms. The van der Waals surface area contributed by atoms with Gasteiger partial charge in [-0.3, -0.25) is 0 Å². The molecule has 2 rings (SSSR count). The molecule has 1 N–H and O–H groups in total. The molecular formula is C15H30N2. The van der Waals surface area contributed by atoms with E-state index in [0.717, 1.165) is 11.8 Å². The standard InChI is InChI=1S/C15H30N2/c1-13(2)16-10-15-8-5-9-17(12-15)11-14-6-3-4-7-14/h13-16H,3-12H2,1-2H3. The van der Waals surface area contributed by atoms with E-state index in [0.29, 0.717) is 6.04 Å². The lowest BCUT2D eigenvalue weighted by Gasteiger charge is -2.34. The Balaban J connectivity index is 1.68.